The molecule has 1 amide bonds. The van der Waals surface area contributed by atoms with Crippen molar-refractivity contribution in [1.29, 1.82) is 0 Å². The molecular formula is C30H30N2O5S. The quantitative estimate of drug-likeness (QED) is 0.506. The van der Waals surface area contributed by atoms with Gasteiger partial charge in [-0.05, 0) is 64.9 Å². The zero-order chi connectivity index (χ0) is 25.8. The van der Waals surface area contributed by atoms with Crippen LogP contribution in [0, 0.1) is 0 Å². The van der Waals surface area contributed by atoms with Crippen molar-refractivity contribution in [3.05, 3.63) is 82.4 Å². The first-order chi connectivity index (χ1) is 18.6. The Kier molecular flexibility index (Phi) is 5.98. The van der Waals surface area contributed by atoms with Crippen molar-refractivity contribution in [2.75, 3.05) is 26.8 Å². The minimum absolute atomic E-state index is 0.0332. The van der Waals surface area contributed by atoms with E-state index in [1.165, 1.54) is 16.0 Å². The summed E-state index contributed by atoms with van der Waals surface area (Å²) in [5.41, 5.74) is 5.82. The van der Waals surface area contributed by atoms with E-state index in [1.807, 2.05) is 24.3 Å². The molecule has 3 aromatic rings. The number of amides is 1. The van der Waals surface area contributed by atoms with E-state index in [0.29, 0.717) is 37.1 Å². The summed E-state index contributed by atoms with van der Waals surface area (Å²) >= 11 is 1.73. The van der Waals surface area contributed by atoms with Gasteiger partial charge in [0.05, 0.1) is 56.5 Å². The molecule has 2 bridgehead atoms. The van der Waals surface area contributed by atoms with E-state index < -0.39 is 0 Å². The highest BCUT2D eigenvalue weighted by Crippen LogP contribution is 2.49. The molecule has 3 aromatic carbocycles. The van der Waals surface area contributed by atoms with Crippen LogP contribution in [0.5, 0.6) is 17.2 Å². The first-order valence-electron chi connectivity index (χ1n) is 13.0. The summed E-state index contributed by atoms with van der Waals surface area (Å²) in [4.78, 5) is 17.3. The highest BCUT2D eigenvalue weighted by Gasteiger charge is 2.51. The zero-order valence-corrected chi connectivity index (χ0v) is 22.3. The van der Waals surface area contributed by atoms with Crippen LogP contribution in [0.1, 0.15) is 39.9 Å². The van der Waals surface area contributed by atoms with Crippen molar-refractivity contribution >= 4 is 17.7 Å². The van der Waals surface area contributed by atoms with Crippen LogP contribution in [0.4, 0.5) is 0 Å². The average Bonchev–Trinajstić information content (AvgIpc) is 3.41. The van der Waals surface area contributed by atoms with Crippen molar-refractivity contribution in [3.63, 3.8) is 0 Å². The van der Waals surface area contributed by atoms with Crippen molar-refractivity contribution < 1.29 is 23.7 Å². The van der Waals surface area contributed by atoms with Gasteiger partial charge in [-0.2, -0.15) is 0 Å². The van der Waals surface area contributed by atoms with Gasteiger partial charge in [0.1, 0.15) is 11.7 Å². The third-order valence-corrected chi connectivity index (χ3v) is 9.09. The molecule has 8 heteroatoms. The fourth-order valence-corrected chi connectivity index (χ4v) is 7.25. The maximum atomic E-state index is 14.1. The molecule has 0 aromatic heterocycles. The second kappa shape index (κ2) is 9.52. The van der Waals surface area contributed by atoms with Gasteiger partial charge in [-0.3, -0.25) is 10.1 Å². The second-order valence-electron chi connectivity index (χ2n) is 10.2. The predicted molar refractivity (Wildman–Crippen MR) is 144 cm³/mol. The van der Waals surface area contributed by atoms with E-state index in [0.717, 1.165) is 28.9 Å². The fourth-order valence-electron chi connectivity index (χ4n) is 6.46. The van der Waals surface area contributed by atoms with E-state index in [1.54, 1.807) is 26.0 Å². The van der Waals surface area contributed by atoms with Crippen LogP contribution >= 0.6 is 11.8 Å². The number of carbonyl (C=O) groups is 1. The smallest absolute Gasteiger partial charge is 0.240 e. The van der Waals surface area contributed by atoms with Gasteiger partial charge in [0.25, 0.3) is 0 Å². The molecule has 2 unspecified atom stereocenters. The Morgan fingerprint density at radius 3 is 2.61 bits per heavy atom. The Bertz CT molecular complexity index is 1400. The van der Waals surface area contributed by atoms with Crippen LogP contribution < -0.4 is 19.5 Å². The normalized spacial score (nSPS) is 24.6. The van der Waals surface area contributed by atoms with Gasteiger partial charge in [-0.25, -0.2) is 0 Å². The largest absolute Gasteiger partial charge is 0.493 e. The Morgan fingerprint density at radius 1 is 1.00 bits per heavy atom. The molecule has 1 N–H and O–H groups in total. The van der Waals surface area contributed by atoms with Crippen LogP contribution in [0.15, 0.2) is 59.5 Å². The lowest BCUT2D eigenvalue weighted by atomic mass is 9.76. The van der Waals surface area contributed by atoms with E-state index in [9.17, 15) is 4.79 Å². The molecule has 4 aliphatic heterocycles. The number of piperazine rings is 1. The van der Waals surface area contributed by atoms with Crippen LogP contribution in [-0.4, -0.2) is 49.7 Å². The Balaban J connectivity index is 1.29. The van der Waals surface area contributed by atoms with Gasteiger partial charge in [-0.15, -0.1) is 0 Å². The van der Waals surface area contributed by atoms with Gasteiger partial charge in [-0.1, -0.05) is 42.1 Å². The van der Waals surface area contributed by atoms with Crippen LogP contribution in [-0.2, 0) is 29.0 Å². The summed E-state index contributed by atoms with van der Waals surface area (Å²) in [6, 6.07) is 18.2. The molecule has 0 spiro atoms. The van der Waals surface area contributed by atoms with Crippen LogP contribution in [0.3, 0.4) is 0 Å². The van der Waals surface area contributed by atoms with Gasteiger partial charge in [0.2, 0.25) is 5.91 Å². The van der Waals surface area contributed by atoms with E-state index in [2.05, 4.69) is 40.5 Å². The summed E-state index contributed by atoms with van der Waals surface area (Å²) in [7, 11) is 3.31. The first kappa shape index (κ1) is 23.9. The summed E-state index contributed by atoms with van der Waals surface area (Å²) in [5.74, 6) is 3.08. The minimum Gasteiger partial charge on any atom is -0.493 e. The number of methoxy groups -OCH3 is 2. The lowest BCUT2D eigenvalue weighted by Gasteiger charge is -2.54. The van der Waals surface area contributed by atoms with Gasteiger partial charge < -0.3 is 23.8 Å². The Labute approximate surface area is 226 Å². The monoisotopic (exact) mass is 530 g/mol. The highest BCUT2D eigenvalue weighted by molar-refractivity contribution is 7.99. The van der Waals surface area contributed by atoms with E-state index in [-0.39, 0.29) is 30.1 Å². The van der Waals surface area contributed by atoms with Gasteiger partial charge in [0, 0.05) is 0 Å². The summed E-state index contributed by atoms with van der Waals surface area (Å²) in [6.45, 7) is 0.893. The molecule has 1 fully saturated rings. The Morgan fingerprint density at radius 2 is 1.79 bits per heavy atom. The number of hydrogen-bond acceptors (Lipinski definition) is 7. The molecule has 7 nitrogen and oxygen atoms in total. The average molecular weight is 531 g/mol. The van der Waals surface area contributed by atoms with Crippen molar-refractivity contribution in [2.45, 2.75) is 48.5 Å². The number of hydrogen-bond donors (Lipinski definition) is 1. The molecule has 4 heterocycles. The lowest BCUT2D eigenvalue weighted by molar-refractivity contribution is -0.148. The molecule has 4 aliphatic rings. The van der Waals surface area contributed by atoms with Crippen molar-refractivity contribution in [3.8, 4) is 17.2 Å². The van der Waals surface area contributed by atoms with Crippen LogP contribution in [0.2, 0.25) is 0 Å². The molecule has 38 heavy (non-hydrogen) atoms. The number of benzene rings is 3. The lowest BCUT2D eigenvalue weighted by Crippen LogP contribution is -2.66. The molecule has 0 aliphatic carbocycles. The minimum atomic E-state index is -0.269. The summed E-state index contributed by atoms with van der Waals surface area (Å²) < 4.78 is 23.4. The maximum Gasteiger partial charge on any atom is 0.240 e. The summed E-state index contributed by atoms with van der Waals surface area (Å²) in [5, 5.41) is 3.70. The number of carbonyl (C=O) groups excluding carboxylic acids is 1. The third kappa shape index (κ3) is 3.85. The highest BCUT2D eigenvalue weighted by atomic mass is 32.2. The number of ether oxygens (including phenoxy) is 4. The van der Waals surface area contributed by atoms with Crippen molar-refractivity contribution in [1.82, 2.24) is 10.2 Å². The molecule has 196 valence electrons. The number of nitrogens with one attached hydrogen (secondary N) is 1. The summed E-state index contributed by atoms with van der Waals surface area (Å²) in [6.07, 6.45) is 1.38. The van der Waals surface area contributed by atoms with Crippen LogP contribution in [0.25, 0.3) is 0 Å². The third-order valence-electron chi connectivity index (χ3n) is 8.23. The zero-order valence-electron chi connectivity index (χ0n) is 21.4. The predicted octanol–water partition coefficient (Wildman–Crippen LogP) is 4.43. The number of rotatable bonds is 6. The number of thioether (sulfide) groups is 1. The number of nitrogens with zero attached hydrogens (tertiary/aromatic N) is 1. The first-order valence-corrected chi connectivity index (χ1v) is 14.0. The van der Waals surface area contributed by atoms with Gasteiger partial charge >= 0.3 is 0 Å². The van der Waals surface area contributed by atoms with Crippen molar-refractivity contribution in [2.24, 2.45) is 0 Å². The SMILES string of the molecule is COc1cc2c(cc1OC)C(COCc1ccccc1)N1C(=O)[C@@H]3Cc4cc5c(cc4[C@@H](N3)C1C2)SCO5. The molecule has 4 atom stereocenters. The van der Waals surface area contributed by atoms with E-state index in [4.69, 9.17) is 18.9 Å². The fraction of sp³-hybridized carbons (Fsp3) is 0.367. The molecule has 7 rings (SSSR count). The molecular weight excluding hydrogens is 500 g/mol. The molecule has 0 radical (unpaired) electrons. The van der Waals surface area contributed by atoms with Gasteiger partial charge in [0.15, 0.2) is 11.5 Å². The number of fused-ring (bicyclic) bond motifs is 8. The maximum absolute atomic E-state index is 14.1. The topological polar surface area (TPSA) is 69.3 Å². The second-order valence-corrected chi connectivity index (χ2v) is 11.2. The van der Waals surface area contributed by atoms with E-state index >= 15 is 0 Å². The molecule has 1 saturated heterocycles. The standard InChI is InChI=1S/C30H30N2O5S/c1-34-25-10-19-9-23-29-21-13-28-27(37-16-38-28)11-18(21)8-22(31-29)30(33)32(23)24(20(19)12-26(25)35-2)15-36-14-17-6-4-3-5-7-17/h3-7,10-13,22-24,29,31H,8-9,14-16H2,1-2H3/t22-,23?,24?,29+/m0/s1. The molecule has 0 saturated carbocycles. The Hall–Kier alpha value is -3.20.